The summed E-state index contributed by atoms with van der Waals surface area (Å²) >= 11 is 0. The number of aromatic nitrogens is 1. The second-order valence-electron chi connectivity index (χ2n) is 4.72. The van der Waals surface area contributed by atoms with Crippen molar-refractivity contribution in [1.29, 1.82) is 0 Å². The minimum absolute atomic E-state index is 0.194. The molecule has 0 atom stereocenters. The van der Waals surface area contributed by atoms with Crippen LogP contribution in [-0.2, 0) is 11.8 Å². The molecule has 1 aromatic carbocycles. The lowest BCUT2D eigenvalue weighted by molar-refractivity contribution is -0.118. The molecular formula is C12H13N3O3. The summed E-state index contributed by atoms with van der Waals surface area (Å²) in [4.78, 5) is 23.1. The third kappa shape index (κ3) is 1.62. The Morgan fingerprint density at radius 2 is 2.22 bits per heavy atom. The summed E-state index contributed by atoms with van der Waals surface area (Å²) < 4.78 is 6.46. The largest absolute Gasteiger partial charge is 0.419 e. The van der Waals surface area contributed by atoms with Crippen molar-refractivity contribution < 1.29 is 9.21 Å². The molecule has 3 rings (SSSR count). The third-order valence-corrected chi connectivity index (χ3v) is 3.29. The number of nitrogens with one attached hydrogen (secondary N) is 1. The molecule has 1 aliphatic rings. The number of hydrogen-bond donors (Lipinski definition) is 2. The molecule has 3 N–H and O–H groups in total. The number of aryl methyl sites for hydroxylation is 1. The van der Waals surface area contributed by atoms with Crippen LogP contribution in [-0.4, -0.2) is 16.0 Å². The van der Waals surface area contributed by atoms with Crippen LogP contribution < -0.4 is 16.8 Å². The van der Waals surface area contributed by atoms with Gasteiger partial charge >= 0.3 is 5.76 Å². The number of rotatable bonds is 2. The van der Waals surface area contributed by atoms with E-state index in [9.17, 15) is 9.59 Å². The standard InChI is InChI=1S/C12H13N3O3/c1-15-8-3-2-7(6-9(8)18-11(15)17)14-10(16)12(13)4-5-12/h2-3,6H,4-5,13H2,1H3,(H,14,16). The summed E-state index contributed by atoms with van der Waals surface area (Å²) in [7, 11) is 1.63. The van der Waals surface area contributed by atoms with Crippen molar-refractivity contribution in [2.45, 2.75) is 18.4 Å². The lowest BCUT2D eigenvalue weighted by Gasteiger charge is -2.09. The van der Waals surface area contributed by atoms with Gasteiger partial charge in [0.25, 0.3) is 0 Å². The minimum Gasteiger partial charge on any atom is -0.408 e. The molecule has 1 aromatic heterocycles. The van der Waals surface area contributed by atoms with Crippen molar-refractivity contribution in [2.75, 3.05) is 5.32 Å². The maximum Gasteiger partial charge on any atom is 0.419 e. The van der Waals surface area contributed by atoms with Crippen molar-refractivity contribution >= 4 is 22.7 Å². The summed E-state index contributed by atoms with van der Waals surface area (Å²) in [5, 5.41) is 2.73. The topological polar surface area (TPSA) is 90.3 Å². The number of oxazole rings is 1. The van der Waals surface area contributed by atoms with E-state index in [1.54, 1.807) is 25.2 Å². The fourth-order valence-electron chi connectivity index (χ4n) is 1.83. The van der Waals surface area contributed by atoms with Crippen LogP contribution in [0, 0.1) is 0 Å². The normalized spacial score (nSPS) is 16.8. The highest BCUT2D eigenvalue weighted by molar-refractivity contribution is 6.00. The Balaban J connectivity index is 1.94. The molecule has 0 saturated heterocycles. The van der Waals surface area contributed by atoms with Gasteiger partial charge in [0, 0.05) is 18.8 Å². The maximum atomic E-state index is 11.8. The molecule has 0 radical (unpaired) electrons. The Morgan fingerprint density at radius 1 is 1.50 bits per heavy atom. The van der Waals surface area contributed by atoms with Crippen LogP contribution in [0.5, 0.6) is 0 Å². The Hall–Kier alpha value is -2.08. The smallest absolute Gasteiger partial charge is 0.408 e. The summed E-state index contributed by atoms with van der Waals surface area (Å²) in [6.07, 6.45) is 1.42. The zero-order valence-electron chi connectivity index (χ0n) is 9.90. The highest BCUT2D eigenvalue weighted by Gasteiger charge is 2.45. The van der Waals surface area contributed by atoms with E-state index >= 15 is 0 Å². The molecule has 18 heavy (non-hydrogen) atoms. The van der Waals surface area contributed by atoms with Crippen molar-refractivity contribution in [3.8, 4) is 0 Å². The van der Waals surface area contributed by atoms with Gasteiger partial charge in [-0.05, 0) is 25.0 Å². The van der Waals surface area contributed by atoms with Gasteiger partial charge in [0.1, 0.15) is 0 Å². The number of nitrogens with two attached hydrogens (primary N) is 1. The molecule has 6 heteroatoms. The molecule has 0 unspecified atom stereocenters. The van der Waals surface area contributed by atoms with Crippen LogP contribution in [0.25, 0.3) is 11.1 Å². The molecular weight excluding hydrogens is 234 g/mol. The van der Waals surface area contributed by atoms with E-state index in [0.717, 1.165) is 0 Å². The number of carbonyl (C=O) groups excluding carboxylic acids is 1. The molecule has 0 spiro atoms. The molecule has 1 fully saturated rings. The Bertz CT molecular complexity index is 694. The molecule has 1 heterocycles. The molecule has 2 aromatic rings. The second-order valence-corrected chi connectivity index (χ2v) is 4.72. The van der Waals surface area contributed by atoms with Gasteiger partial charge in [0.2, 0.25) is 5.91 Å². The first-order valence-electron chi connectivity index (χ1n) is 5.69. The molecule has 0 aliphatic heterocycles. The second kappa shape index (κ2) is 3.46. The molecule has 1 saturated carbocycles. The van der Waals surface area contributed by atoms with E-state index in [2.05, 4.69) is 5.32 Å². The van der Waals surface area contributed by atoms with Crippen LogP contribution in [0.1, 0.15) is 12.8 Å². The number of carbonyl (C=O) groups is 1. The lowest BCUT2D eigenvalue weighted by atomic mass is 10.2. The van der Waals surface area contributed by atoms with E-state index in [1.165, 1.54) is 4.57 Å². The zero-order chi connectivity index (χ0) is 12.9. The average Bonchev–Trinajstić information content (AvgIpc) is 3.02. The first-order valence-corrected chi connectivity index (χ1v) is 5.69. The molecule has 94 valence electrons. The van der Waals surface area contributed by atoms with E-state index < -0.39 is 11.3 Å². The molecule has 0 bridgehead atoms. The quantitative estimate of drug-likeness (QED) is 0.811. The highest BCUT2D eigenvalue weighted by Crippen LogP contribution is 2.33. The van der Waals surface area contributed by atoms with Gasteiger partial charge < -0.3 is 15.5 Å². The van der Waals surface area contributed by atoms with Crippen molar-refractivity contribution in [1.82, 2.24) is 4.57 Å². The number of nitrogens with zero attached hydrogens (tertiary/aromatic N) is 1. The van der Waals surface area contributed by atoms with Crippen LogP contribution in [0.3, 0.4) is 0 Å². The van der Waals surface area contributed by atoms with E-state index in [1.807, 2.05) is 0 Å². The Labute approximate surface area is 102 Å². The van der Waals surface area contributed by atoms with Gasteiger partial charge in [-0.2, -0.15) is 0 Å². The number of hydrogen-bond acceptors (Lipinski definition) is 4. The minimum atomic E-state index is -0.716. The van der Waals surface area contributed by atoms with Crippen molar-refractivity contribution in [3.63, 3.8) is 0 Å². The molecule has 1 amide bonds. The lowest BCUT2D eigenvalue weighted by Crippen LogP contribution is -2.37. The van der Waals surface area contributed by atoms with Crippen molar-refractivity contribution in [3.05, 3.63) is 28.7 Å². The van der Waals surface area contributed by atoms with Crippen LogP contribution in [0.4, 0.5) is 5.69 Å². The predicted molar refractivity (Wildman–Crippen MR) is 66.2 cm³/mol. The summed E-state index contributed by atoms with van der Waals surface area (Å²) in [6, 6.07) is 5.08. The molecule has 1 aliphatic carbocycles. The Kier molecular flexibility index (Phi) is 2.12. The van der Waals surface area contributed by atoms with Crippen LogP contribution in [0.15, 0.2) is 27.4 Å². The number of anilines is 1. The van der Waals surface area contributed by atoms with Gasteiger partial charge in [0.15, 0.2) is 5.58 Å². The maximum absolute atomic E-state index is 11.8. The third-order valence-electron chi connectivity index (χ3n) is 3.29. The summed E-state index contributed by atoms with van der Waals surface area (Å²) in [5.41, 5.74) is 6.79. The fraction of sp³-hybridized carbons (Fsp3) is 0.333. The number of benzene rings is 1. The van der Waals surface area contributed by atoms with Gasteiger partial charge in [-0.1, -0.05) is 0 Å². The fourth-order valence-corrected chi connectivity index (χ4v) is 1.83. The first kappa shape index (κ1) is 11.0. The number of amides is 1. The van der Waals surface area contributed by atoms with Crippen LogP contribution >= 0.6 is 0 Å². The first-order chi connectivity index (χ1) is 8.49. The van der Waals surface area contributed by atoms with E-state index in [4.69, 9.17) is 10.2 Å². The molecule has 6 nitrogen and oxygen atoms in total. The monoisotopic (exact) mass is 247 g/mol. The van der Waals surface area contributed by atoms with Gasteiger partial charge in [-0.3, -0.25) is 9.36 Å². The van der Waals surface area contributed by atoms with Gasteiger partial charge in [-0.25, -0.2) is 4.79 Å². The zero-order valence-corrected chi connectivity index (χ0v) is 9.90. The van der Waals surface area contributed by atoms with Gasteiger partial charge in [-0.15, -0.1) is 0 Å². The SMILES string of the molecule is Cn1c(=O)oc2cc(NC(=O)C3(N)CC3)ccc21. The Morgan fingerprint density at radius 3 is 2.89 bits per heavy atom. The summed E-state index contributed by atoms with van der Waals surface area (Å²) in [5.74, 6) is -0.619. The summed E-state index contributed by atoms with van der Waals surface area (Å²) in [6.45, 7) is 0. The van der Waals surface area contributed by atoms with Crippen molar-refractivity contribution in [2.24, 2.45) is 12.8 Å². The predicted octanol–water partition coefficient (Wildman–Crippen LogP) is 0.561. The van der Waals surface area contributed by atoms with E-state index in [0.29, 0.717) is 29.6 Å². The average molecular weight is 247 g/mol. The van der Waals surface area contributed by atoms with E-state index in [-0.39, 0.29) is 5.91 Å². The number of fused-ring (bicyclic) bond motifs is 1. The van der Waals surface area contributed by atoms with Crippen LogP contribution in [0.2, 0.25) is 0 Å². The van der Waals surface area contributed by atoms with Gasteiger partial charge in [0.05, 0.1) is 11.1 Å². The highest BCUT2D eigenvalue weighted by atomic mass is 16.4.